The highest BCUT2D eigenvalue weighted by Gasteiger charge is 2.08. The number of amides is 1. The molecule has 16 heavy (non-hydrogen) atoms. The van der Waals surface area contributed by atoms with Gasteiger partial charge in [0.2, 0.25) is 0 Å². The molecule has 0 saturated heterocycles. The minimum atomic E-state index is -0.0400. The Morgan fingerprint density at radius 3 is 2.88 bits per heavy atom. The van der Waals surface area contributed by atoms with Gasteiger partial charge in [-0.15, -0.1) is 22.7 Å². The van der Waals surface area contributed by atoms with Gasteiger partial charge in [0.05, 0.1) is 20.2 Å². The Bertz CT molecular complexity index is 506. The molecule has 2 aromatic heterocycles. The van der Waals surface area contributed by atoms with Crippen molar-refractivity contribution < 1.29 is 4.79 Å². The third kappa shape index (κ3) is 2.90. The van der Waals surface area contributed by atoms with Crippen LogP contribution in [0.4, 0.5) is 0 Å². The van der Waals surface area contributed by atoms with Crippen LogP contribution in [0.2, 0.25) is 0 Å². The molecule has 1 amide bonds. The van der Waals surface area contributed by atoms with E-state index in [1.165, 1.54) is 11.3 Å². The zero-order valence-corrected chi connectivity index (χ0v) is 11.7. The molecule has 0 unspecified atom stereocenters. The van der Waals surface area contributed by atoms with Crippen molar-refractivity contribution in [3.8, 4) is 0 Å². The second-order valence-corrected chi connectivity index (χ2v) is 6.91. The molecule has 1 N–H and O–H groups in total. The first-order valence-corrected chi connectivity index (χ1v) is 7.02. The van der Waals surface area contributed by atoms with Crippen LogP contribution in [0.15, 0.2) is 22.1 Å². The van der Waals surface area contributed by atoms with Gasteiger partial charge in [-0.25, -0.2) is 4.98 Å². The van der Waals surface area contributed by atoms with Gasteiger partial charge in [-0.3, -0.25) is 4.79 Å². The molecule has 0 spiro atoms. The van der Waals surface area contributed by atoms with E-state index in [4.69, 9.17) is 0 Å². The maximum atomic E-state index is 11.7. The summed E-state index contributed by atoms with van der Waals surface area (Å²) in [5.41, 5.74) is 0. The van der Waals surface area contributed by atoms with Crippen LogP contribution in [0.3, 0.4) is 0 Å². The summed E-state index contributed by atoms with van der Waals surface area (Å²) in [6, 6.07) is 3.68. The van der Waals surface area contributed by atoms with Crippen LogP contribution in [0, 0.1) is 6.92 Å². The van der Waals surface area contributed by atoms with E-state index in [0.717, 1.165) is 13.7 Å². The Labute approximate surface area is 110 Å². The summed E-state index contributed by atoms with van der Waals surface area (Å²) in [6.45, 7) is 2.49. The number of hydrogen-bond donors (Lipinski definition) is 1. The topological polar surface area (TPSA) is 42.0 Å². The van der Waals surface area contributed by atoms with Gasteiger partial charge in [0.25, 0.3) is 5.91 Å². The van der Waals surface area contributed by atoms with E-state index >= 15 is 0 Å². The molecule has 6 heteroatoms. The van der Waals surface area contributed by atoms with Crippen molar-refractivity contribution in [1.82, 2.24) is 10.3 Å². The molecule has 0 radical (unpaired) electrons. The van der Waals surface area contributed by atoms with Crippen molar-refractivity contribution in [2.45, 2.75) is 13.5 Å². The van der Waals surface area contributed by atoms with E-state index in [2.05, 4.69) is 26.2 Å². The van der Waals surface area contributed by atoms with E-state index in [0.29, 0.717) is 11.4 Å². The number of nitrogens with zero attached hydrogens (tertiary/aromatic N) is 1. The lowest BCUT2D eigenvalue weighted by Crippen LogP contribution is -2.21. The minimum absolute atomic E-state index is 0.0400. The van der Waals surface area contributed by atoms with E-state index in [1.54, 1.807) is 17.5 Å². The van der Waals surface area contributed by atoms with Crippen molar-refractivity contribution in [3.63, 3.8) is 0 Å². The van der Waals surface area contributed by atoms with Gasteiger partial charge < -0.3 is 5.32 Å². The molecule has 0 aromatic carbocycles. The van der Waals surface area contributed by atoms with E-state index in [-0.39, 0.29) is 5.91 Å². The van der Waals surface area contributed by atoms with Crippen LogP contribution in [-0.2, 0) is 6.54 Å². The maximum absolute atomic E-state index is 11.7. The van der Waals surface area contributed by atoms with Crippen molar-refractivity contribution in [3.05, 3.63) is 36.9 Å². The molecule has 0 aliphatic rings. The van der Waals surface area contributed by atoms with Crippen LogP contribution >= 0.6 is 38.6 Å². The Balaban J connectivity index is 1.93. The van der Waals surface area contributed by atoms with Crippen molar-refractivity contribution >= 4 is 44.5 Å². The maximum Gasteiger partial charge on any atom is 0.261 e. The predicted molar refractivity (Wildman–Crippen MR) is 70.0 cm³/mol. The SMILES string of the molecule is Cc1ncc(CNC(=O)c2ccc(Br)s2)s1. The van der Waals surface area contributed by atoms with Crippen LogP contribution in [0.25, 0.3) is 0 Å². The first kappa shape index (κ1) is 11.8. The number of hydrogen-bond acceptors (Lipinski definition) is 4. The molecule has 2 heterocycles. The summed E-state index contributed by atoms with van der Waals surface area (Å²) in [4.78, 5) is 17.6. The summed E-state index contributed by atoms with van der Waals surface area (Å²) < 4.78 is 0.964. The molecule has 0 aliphatic heterocycles. The van der Waals surface area contributed by atoms with E-state index < -0.39 is 0 Å². The van der Waals surface area contributed by atoms with Gasteiger partial charge in [-0.1, -0.05) is 0 Å². The third-order valence-electron chi connectivity index (χ3n) is 1.89. The molecule has 2 aromatic rings. The van der Waals surface area contributed by atoms with Gasteiger partial charge >= 0.3 is 0 Å². The highest BCUT2D eigenvalue weighted by Crippen LogP contribution is 2.22. The second-order valence-electron chi connectivity index (χ2n) is 3.13. The Hall–Kier alpha value is -0.720. The lowest BCUT2D eigenvalue weighted by Gasteiger charge is -1.99. The third-order valence-corrected chi connectivity index (χ3v) is 4.42. The van der Waals surface area contributed by atoms with Crippen LogP contribution in [0.5, 0.6) is 0 Å². The molecular formula is C10H9BrN2OS2. The van der Waals surface area contributed by atoms with Crippen LogP contribution in [0.1, 0.15) is 19.6 Å². The van der Waals surface area contributed by atoms with Gasteiger partial charge in [0, 0.05) is 11.1 Å². The summed E-state index contributed by atoms with van der Waals surface area (Å²) in [7, 11) is 0. The largest absolute Gasteiger partial charge is 0.346 e. The molecular weight excluding hydrogens is 308 g/mol. The van der Waals surface area contributed by atoms with Gasteiger partial charge in [0.1, 0.15) is 0 Å². The first-order valence-electron chi connectivity index (χ1n) is 4.60. The second kappa shape index (κ2) is 5.07. The fraction of sp³-hybridized carbons (Fsp3) is 0.200. The molecule has 2 rings (SSSR count). The monoisotopic (exact) mass is 316 g/mol. The average Bonchev–Trinajstić information content (AvgIpc) is 2.84. The number of thiazole rings is 1. The highest BCUT2D eigenvalue weighted by atomic mass is 79.9. The van der Waals surface area contributed by atoms with Gasteiger partial charge in [-0.05, 0) is 35.0 Å². The smallest absolute Gasteiger partial charge is 0.261 e. The zero-order valence-electron chi connectivity index (χ0n) is 8.49. The molecule has 0 fully saturated rings. The van der Waals surface area contributed by atoms with E-state index in [1.807, 2.05) is 19.1 Å². The molecule has 0 atom stereocenters. The van der Waals surface area contributed by atoms with Crippen molar-refractivity contribution in [2.75, 3.05) is 0 Å². The van der Waals surface area contributed by atoms with E-state index in [9.17, 15) is 4.79 Å². The Kier molecular flexibility index (Phi) is 3.73. The summed E-state index contributed by atoms with van der Waals surface area (Å²) in [5.74, 6) is -0.0400. The number of aryl methyl sites for hydroxylation is 1. The molecule has 3 nitrogen and oxygen atoms in total. The normalized spacial score (nSPS) is 10.4. The first-order chi connectivity index (χ1) is 7.65. The van der Waals surface area contributed by atoms with Gasteiger partial charge in [0.15, 0.2) is 0 Å². The fourth-order valence-electron chi connectivity index (χ4n) is 1.18. The quantitative estimate of drug-likeness (QED) is 0.944. The minimum Gasteiger partial charge on any atom is -0.346 e. The van der Waals surface area contributed by atoms with Crippen molar-refractivity contribution in [1.29, 1.82) is 0 Å². The lowest BCUT2D eigenvalue weighted by molar-refractivity contribution is 0.0955. The number of rotatable bonds is 3. The number of carbonyl (C=O) groups is 1. The molecule has 84 valence electrons. The number of carbonyl (C=O) groups excluding carboxylic acids is 1. The zero-order chi connectivity index (χ0) is 11.5. The summed E-state index contributed by atoms with van der Waals surface area (Å²) in [6.07, 6.45) is 1.80. The van der Waals surface area contributed by atoms with Crippen LogP contribution < -0.4 is 5.32 Å². The van der Waals surface area contributed by atoms with Crippen molar-refractivity contribution in [2.24, 2.45) is 0 Å². The summed E-state index contributed by atoms with van der Waals surface area (Å²) >= 11 is 6.36. The average molecular weight is 317 g/mol. The Morgan fingerprint density at radius 2 is 2.31 bits per heavy atom. The molecule has 0 saturated carbocycles. The van der Waals surface area contributed by atoms with Gasteiger partial charge in [-0.2, -0.15) is 0 Å². The Morgan fingerprint density at radius 1 is 1.50 bits per heavy atom. The predicted octanol–water partition coefficient (Wildman–Crippen LogP) is 3.21. The molecule has 0 bridgehead atoms. The number of halogens is 1. The number of aromatic nitrogens is 1. The summed E-state index contributed by atoms with van der Waals surface area (Å²) in [5, 5.41) is 3.88. The molecule has 0 aliphatic carbocycles. The number of thiophene rings is 1. The lowest BCUT2D eigenvalue weighted by atomic mass is 10.4. The standard InChI is InChI=1S/C10H9BrN2OS2/c1-6-12-4-7(15-6)5-13-10(14)8-2-3-9(11)16-8/h2-4H,5H2,1H3,(H,13,14). The van der Waals surface area contributed by atoms with Crippen LogP contribution in [-0.4, -0.2) is 10.9 Å². The number of nitrogens with one attached hydrogen (secondary N) is 1. The fourth-order valence-corrected chi connectivity index (χ4v) is 3.21. The highest BCUT2D eigenvalue weighted by molar-refractivity contribution is 9.11.